The van der Waals surface area contributed by atoms with Gasteiger partial charge < -0.3 is 15.0 Å². The SMILES string of the molecule is O=C(c1ccc(C(F)(F)F)[nH]c1=O)N1CCC(CO)C1. The van der Waals surface area contributed by atoms with Crippen molar-refractivity contribution in [3.63, 3.8) is 0 Å². The lowest BCUT2D eigenvalue weighted by Crippen LogP contribution is -2.34. The van der Waals surface area contributed by atoms with E-state index in [-0.39, 0.29) is 18.1 Å². The maximum absolute atomic E-state index is 12.4. The van der Waals surface area contributed by atoms with Crippen LogP contribution in [0.5, 0.6) is 0 Å². The molecule has 1 fully saturated rings. The average Bonchev–Trinajstić information content (AvgIpc) is 2.85. The molecule has 0 saturated carbocycles. The lowest BCUT2D eigenvalue weighted by molar-refractivity contribution is -0.141. The number of aromatic amines is 1. The summed E-state index contributed by atoms with van der Waals surface area (Å²) < 4.78 is 37.2. The van der Waals surface area contributed by atoms with Crippen molar-refractivity contribution in [2.45, 2.75) is 12.6 Å². The van der Waals surface area contributed by atoms with E-state index in [0.717, 1.165) is 6.07 Å². The number of alkyl halides is 3. The van der Waals surface area contributed by atoms with Crippen LogP contribution in [-0.4, -0.2) is 40.6 Å². The molecule has 0 bridgehead atoms. The maximum atomic E-state index is 12.4. The molecule has 110 valence electrons. The van der Waals surface area contributed by atoms with Crippen LogP contribution in [-0.2, 0) is 6.18 Å². The first-order chi connectivity index (χ1) is 9.32. The van der Waals surface area contributed by atoms with E-state index in [0.29, 0.717) is 25.6 Å². The zero-order valence-electron chi connectivity index (χ0n) is 10.4. The van der Waals surface area contributed by atoms with Gasteiger partial charge in [-0.2, -0.15) is 13.2 Å². The summed E-state index contributed by atoms with van der Waals surface area (Å²) >= 11 is 0. The van der Waals surface area contributed by atoms with Crippen LogP contribution >= 0.6 is 0 Å². The number of pyridine rings is 1. The zero-order valence-corrected chi connectivity index (χ0v) is 10.4. The van der Waals surface area contributed by atoms with Crippen molar-refractivity contribution in [2.24, 2.45) is 5.92 Å². The van der Waals surface area contributed by atoms with Gasteiger partial charge in [0, 0.05) is 25.6 Å². The predicted molar refractivity (Wildman–Crippen MR) is 63.2 cm³/mol. The number of aromatic nitrogens is 1. The Labute approximate surface area is 112 Å². The fraction of sp³-hybridized carbons (Fsp3) is 0.500. The van der Waals surface area contributed by atoms with E-state index >= 15 is 0 Å². The van der Waals surface area contributed by atoms with Crippen LogP contribution in [0.1, 0.15) is 22.5 Å². The first-order valence-electron chi connectivity index (χ1n) is 6.03. The molecule has 1 atom stereocenters. The summed E-state index contributed by atoms with van der Waals surface area (Å²) in [6.45, 7) is 0.619. The molecular formula is C12H13F3N2O3. The van der Waals surface area contributed by atoms with Crippen molar-refractivity contribution < 1.29 is 23.1 Å². The third-order valence-corrected chi connectivity index (χ3v) is 3.28. The van der Waals surface area contributed by atoms with E-state index in [1.807, 2.05) is 0 Å². The first kappa shape index (κ1) is 14.6. The molecule has 20 heavy (non-hydrogen) atoms. The molecule has 5 nitrogen and oxygen atoms in total. The molecule has 1 amide bonds. The van der Waals surface area contributed by atoms with E-state index in [1.165, 1.54) is 4.90 Å². The molecule has 1 saturated heterocycles. The molecule has 1 aromatic rings. The number of halogens is 3. The van der Waals surface area contributed by atoms with E-state index < -0.39 is 23.3 Å². The van der Waals surface area contributed by atoms with Crippen LogP contribution in [0.15, 0.2) is 16.9 Å². The molecule has 1 aliphatic rings. The van der Waals surface area contributed by atoms with Crippen LogP contribution in [0.4, 0.5) is 13.2 Å². The Kier molecular flexibility index (Phi) is 3.85. The zero-order chi connectivity index (χ0) is 14.9. The fourth-order valence-electron chi connectivity index (χ4n) is 2.14. The van der Waals surface area contributed by atoms with Crippen LogP contribution in [0.3, 0.4) is 0 Å². The smallest absolute Gasteiger partial charge is 0.396 e. The Morgan fingerprint density at radius 1 is 1.45 bits per heavy atom. The number of aliphatic hydroxyl groups is 1. The molecule has 2 heterocycles. The van der Waals surface area contributed by atoms with Gasteiger partial charge in [-0.1, -0.05) is 0 Å². The predicted octanol–water partition coefficient (Wildman–Crippen LogP) is 0.848. The number of carbonyl (C=O) groups is 1. The van der Waals surface area contributed by atoms with Crippen LogP contribution < -0.4 is 5.56 Å². The van der Waals surface area contributed by atoms with Crippen molar-refractivity contribution in [2.75, 3.05) is 19.7 Å². The topological polar surface area (TPSA) is 73.4 Å². The molecule has 0 spiro atoms. The van der Waals surface area contributed by atoms with Gasteiger partial charge in [-0.3, -0.25) is 9.59 Å². The van der Waals surface area contributed by atoms with Gasteiger partial charge in [0.1, 0.15) is 11.3 Å². The summed E-state index contributed by atoms with van der Waals surface area (Å²) in [5, 5.41) is 8.99. The highest BCUT2D eigenvalue weighted by atomic mass is 19.4. The maximum Gasteiger partial charge on any atom is 0.431 e. The molecule has 1 unspecified atom stereocenters. The van der Waals surface area contributed by atoms with Crippen molar-refractivity contribution >= 4 is 5.91 Å². The Hall–Kier alpha value is -1.83. The molecule has 2 N–H and O–H groups in total. The van der Waals surface area contributed by atoms with E-state index in [4.69, 9.17) is 5.11 Å². The standard InChI is InChI=1S/C12H13F3N2O3/c13-12(14,15)9-2-1-8(10(19)16-9)11(20)17-4-3-7(5-17)6-18/h1-2,7,18H,3-6H2,(H,16,19). The summed E-state index contributed by atoms with van der Waals surface area (Å²) in [7, 11) is 0. The Morgan fingerprint density at radius 3 is 2.65 bits per heavy atom. The van der Waals surface area contributed by atoms with E-state index in [2.05, 4.69) is 0 Å². The number of nitrogens with zero attached hydrogens (tertiary/aromatic N) is 1. The molecule has 1 aliphatic heterocycles. The number of hydrogen-bond donors (Lipinski definition) is 2. The lowest BCUT2D eigenvalue weighted by Gasteiger charge is -2.16. The summed E-state index contributed by atoms with van der Waals surface area (Å²) in [4.78, 5) is 26.6. The van der Waals surface area contributed by atoms with Crippen LogP contribution in [0, 0.1) is 5.92 Å². The van der Waals surface area contributed by atoms with Crippen molar-refractivity contribution in [3.8, 4) is 0 Å². The normalized spacial score (nSPS) is 19.4. The van der Waals surface area contributed by atoms with Gasteiger partial charge in [-0.15, -0.1) is 0 Å². The molecule has 0 aliphatic carbocycles. The average molecular weight is 290 g/mol. The molecule has 1 aromatic heterocycles. The monoisotopic (exact) mass is 290 g/mol. The van der Waals surface area contributed by atoms with Crippen LogP contribution in [0.25, 0.3) is 0 Å². The lowest BCUT2D eigenvalue weighted by atomic mass is 10.1. The number of likely N-dealkylation sites (tertiary alicyclic amines) is 1. The number of aliphatic hydroxyl groups excluding tert-OH is 1. The summed E-state index contributed by atoms with van der Waals surface area (Å²) in [5.74, 6) is -0.664. The number of hydrogen-bond acceptors (Lipinski definition) is 3. The van der Waals surface area contributed by atoms with Gasteiger partial charge in [-0.05, 0) is 18.6 Å². The van der Waals surface area contributed by atoms with E-state index in [9.17, 15) is 22.8 Å². The third kappa shape index (κ3) is 2.84. The first-order valence-corrected chi connectivity index (χ1v) is 6.03. The summed E-state index contributed by atoms with van der Waals surface area (Å²) in [6, 6.07) is 1.56. The van der Waals surface area contributed by atoms with Gasteiger partial charge in [0.15, 0.2) is 0 Å². The highest BCUT2D eigenvalue weighted by Crippen LogP contribution is 2.26. The number of rotatable bonds is 2. The Bertz CT molecular complexity index is 568. The Morgan fingerprint density at radius 2 is 2.15 bits per heavy atom. The quantitative estimate of drug-likeness (QED) is 0.848. The summed E-state index contributed by atoms with van der Waals surface area (Å²) in [5.41, 5.74) is -2.57. The van der Waals surface area contributed by atoms with Gasteiger partial charge in [0.2, 0.25) is 0 Å². The molecule has 2 rings (SSSR count). The molecular weight excluding hydrogens is 277 g/mol. The van der Waals surface area contributed by atoms with Gasteiger partial charge >= 0.3 is 6.18 Å². The fourth-order valence-corrected chi connectivity index (χ4v) is 2.14. The number of amides is 1. The highest BCUT2D eigenvalue weighted by molar-refractivity contribution is 5.94. The Balaban J connectivity index is 2.22. The number of carbonyl (C=O) groups excluding carboxylic acids is 1. The van der Waals surface area contributed by atoms with Gasteiger partial charge in [0.05, 0.1) is 0 Å². The second-order valence-electron chi connectivity index (χ2n) is 4.70. The molecule has 8 heteroatoms. The molecule has 0 radical (unpaired) electrons. The number of H-pyrrole nitrogens is 1. The van der Waals surface area contributed by atoms with Gasteiger partial charge in [0.25, 0.3) is 11.5 Å². The van der Waals surface area contributed by atoms with Crippen molar-refractivity contribution in [3.05, 3.63) is 33.7 Å². The van der Waals surface area contributed by atoms with Gasteiger partial charge in [-0.25, -0.2) is 0 Å². The minimum Gasteiger partial charge on any atom is -0.396 e. The van der Waals surface area contributed by atoms with E-state index in [1.54, 1.807) is 4.98 Å². The minimum atomic E-state index is -4.66. The second-order valence-corrected chi connectivity index (χ2v) is 4.70. The number of nitrogens with one attached hydrogen (secondary N) is 1. The summed E-state index contributed by atoms with van der Waals surface area (Å²) in [6.07, 6.45) is -4.04. The second kappa shape index (κ2) is 5.28. The molecule has 0 aromatic carbocycles. The highest BCUT2D eigenvalue weighted by Gasteiger charge is 2.33. The van der Waals surface area contributed by atoms with Crippen LogP contribution in [0.2, 0.25) is 0 Å². The van der Waals surface area contributed by atoms with Crippen molar-refractivity contribution in [1.82, 2.24) is 9.88 Å². The minimum absolute atomic E-state index is 0.0486. The largest absolute Gasteiger partial charge is 0.431 e. The van der Waals surface area contributed by atoms with Crippen molar-refractivity contribution in [1.29, 1.82) is 0 Å². The third-order valence-electron chi connectivity index (χ3n) is 3.28.